The fraction of sp³-hybridized carbons (Fsp3) is 0.714. The first-order valence-electron chi connectivity index (χ1n) is 10.3. The molecule has 0 N–H and O–H groups in total. The molecule has 1 aliphatic carbocycles. The second-order valence-electron chi connectivity index (χ2n) is 8.48. The van der Waals surface area contributed by atoms with Gasteiger partial charge in [0.05, 0.1) is 13.2 Å². The van der Waals surface area contributed by atoms with Crippen molar-refractivity contribution < 1.29 is 26.3 Å². The molecule has 164 valence electrons. The number of halogens is 3. The first-order valence-corrected chi connectivity index (χ1v) is 12.2. The van der Waals surface area contributed by atoms with Crippen LogP contribution in [0.15, 0.2) is 23.1 Å². The summed E-state index contributed by atoms with van der Waals surface area (Å²) in [4.78, 5) is 1.56. The summed E-state index contributed by atoms with van der Waals surface area (Å²) in [5, 5.41) is 0. The number of piperidine rings is 1. The van der Waals surface area contributed by atoms with E-state index < -0.39 is 21.6 Å². The van der Waals surface area contributed by atoms with Crippen molar-refractivity contribution in [2.45, 2.75) is 49.8 Å². The second-order valence-corrected chi connectivity index (χ2v) is 10.5. The molecule has 2 unspecified atom stereocenters. The number of ether oxygens (including phenoxy) is 1. The van der Waals surface area contributed by atoms with Gasteiger partial charge in [0.1, 0.15) is 16.5 Å². The summed E-state index contributed by atoms with van der Waals surface area (Å²) in [5.74, 6) is -1.25. The minimum Gasteiger partial charge on any atom is -0.493 e. The third kappa shape index (κ3) is 6.10. The maximum atomic E-state index is 13.9. The fourth-order valence-corrected chi connectivity index (χ4v) is 5.09. The van der Waals surface area contributed by atoms with Crippen LogP contribution < -0.4 is 4.74 Å². The Morgan fingerprint density at radius 2 is 1.93 bits per heavy atom. The van der Waals surface area contributed by atoms with Crippen LogP contribution in [-0.2, 0) is 9.84 Å². The molecule has 2 fully saturated rings. The van der Waals surface area contributed by atoms with Crippen molar-refractivity contribution in [2.75, 3.05) is 32.5 Å². The molecule has 1 saturated heterocycles. The molecule has 4 nitrogen and oxygen atoms in total. The Morgan fingerprint density at radius 1 is 1.24 bits per heavy atom. The quantitative estimate of drug-likeness (QED) is 0.580. The van der Waals surface area contributed by atoms with Gasteiger partial charge in [-0.2, -0.15) is 0 Å². The molecule has 1 saturated carbocycles. The molecule has 0 bridgehead atoms. The lowest BCUT2D eigenvalue weighted by molar-refractivity contribution is -0.0424. The number of alkyl halides is 2. The van der Waals surface area contributed by atoms with Crippen molar-refractivity contribution >= 4 is 9.84 Å². The summed E-state index contributed by atoms with van der Waals surface area (Å²) in [5.41, 5.74) is 0. The van der Waals surface area contributed by atoms with Gasteiger partial charge in [0.25, 0.3) is 5.92 Å². The molecule has 1 aromatic rings. The third-order valence-corrected chi connectivity index (χ3v) is 7.38. The number of hydrogen-bond acceptors (Lipinski definition) is 4. The van der Waals surface area contributed by atoms with Gasteiger partial charge < -0.3 is 4.74 Å². The molecule has 0 aromatic heterocycles. The molecule has 1 aromatic carbocycles. The number of likely N-dealkylation sites (tertiary alicyclic amines) is 1. The normalized spacial score (nSPS) is 23.9. The van der Waals surface area contributed by atoms with E-state index in [1.54, 1.807) is 0 Å². The Bertz CT molecular complexity index is 807. The smallest absolute Gasteiger partial charge is 0.260 e. The minimum atomic E-state index is -3.59. The van der Waals surface area contributed by atoms with E-state index in [1.807, 2.05) is 4.90 Å². The molecule has 0 amide bonds. The third-order valence-electron chi connectivity index (χ3n) is 6.25. The SMILES string of the molecule is CCC(F)(F)CN1CCC(C2CC2CCOc2ccc(S(C)(=O)=O)c(F)c2)CC1. The maximum absolute atomic E-state index is 13.9. The average molecular weight is 434 g/mol. The van der Waals surface area contributed by atoms with Crippen LogP contribution in [0, 0.1) is 23.6 Å². The Morgan fingerprint density at radius 3 is 2.52 bits per heavy atom. The van der Waals surface area contributed by atoms with Crippen molar-refractivity contribution in [3.05, 3.63) is 24.0 Å². The van der Waals surface area contributed by atoms with Crippen LogP contribution in [0.4, 0.5) is 13.2 Å². The van der Waals surface area contributed by atoms with Gasteiger partial charge in [0.2, 0.25) is 0 Å². The predicted octanol–water partition coefficient (Wildman–Crippen LogP) is 4.39. The fourth-order valence-electron chi connectivity index (χ4n) is 4.36. The number of hydrogen-bond donors (Lipinski definition) is 0. The van der Waals surface area contributed by atoms with Gasteiger partial charge in [-0.3, -0.25) is 4.90 Å². The van der Waals surface area contributed by atoms with Crippen molar-refractivity contribution in [3.63, 3.8) is 0 Å². The van der Waals surface area contributed by atoms with Crippen molar-refractivity contribution in [1.29, 1.82) is 0 Å². The second kappa shape index (κ2) is 8.84. The first kappa shape index (κ1) is 22.4. The standard InChI is InChI=1S/C21H30F3NO3S/c1-3-21(23,24)14-25-9-6-15(7-10-25)18-12-16(18)8-11-28-17-4-5-20(19(22)13-17)29(2,26)27/h4-5,13,15-16,18H,3,6-12,14H2,1-2H3. The molecule has 3 rings (SSSR count). The highest BCUT2D eigenvalue weighted by atomic mass is 32.2. The summed E-state index contributed by atoms with van der Waals surface area (Å²) >= 11 is 0. The number of nitrogens with zero attached hydrogens (tertiary/aromatic N) is 1. The first-order chi connectivity index (χ1) is 13.6. The number of rotatable bonds is 9. The topological polar surface area (TPSA) is 46.6 Å². The van der Waals surface area contributed by atoms with Crippen molar-refractivity contribution in [1.82, 2.24) is 4.90 Å². The summed E-state index contributed by atoms with van der Waals surface area (Å²) in [6.07, 6.45) is 4.81. The van der Waals surface area contributed by atoms with E-state index in [-0.39, 0.29) is 17.9 Å². The Hall–Kier alpha value is -1.28. The molecule has 2 atom stereocenters. The molecular weight excluding hydrogens is 403 g/mol. The zero-order chi connectivity index (χ0) is 21.2. The van der Waals surface area contributed by atoms with Crippen molar-refractivity contribution in [3.8, 4) is 5.75 Å². The molecule has 1 heterocycles. The van der Waals surface area contributed by atoms with Crippen LogP contribution in [0.5, 0.6) is 5.75 Å². The summed E-state index contributed by atoms with van der Waals surface area (Å²) in [6, 6.07) is 3.82. The molecule has 0 spiro atoms. The van der Waals surface area contributed by atoms with Gasteiger partial charge in [-0.25, -0.2) is 21.6 Å². The Balaban J connectivity index is 1.38. The van der Waals surface area contributed by atoms with Gasteiger partial charge in [0.15, 0.2) is 9.84 Å². The lowest BCUT2D eigenvalue weighted by atomic mass is 9.90. The highest BCUT2D eigenvalue weighted by molar-refractivity contribution is 7.90. The molecule has 0 radical (unpaired) electrons. The van der Waals surface area contributed by atoms with E-state index in [0.29, 0.717) is 30.1 Å². The van der Waals surface area contributed by atoms with Crippen LogP contribution in [-0.4, -0.2) is 51.7 Å². The highest BCUT2D eigenvalue weighted by Gasteiger charge is 2.43. The van der Waals surface area contributed by atoms with E-state index >= 15 is 0 Å². The minimum absolute atomic E-state index is 0.113. The summed E-state index contributed by atoms with van der Waals surface area (Å²) in [7, 11) is -3.59. The summed E-state index contributed by atoms with van der Waals surface area (Å²) < 4.78 is 69.5. The van der Waals surface area contributed by atoms with Crippen LogP contribution >= 0.6 is 0 Å². The predicted molar refractivity (Wildman–Crippen MR) is 106 cm³/mol. The Labute approximate surface area is 171 Å². The van der Waals surface area contributed by atoms with Crippen molar-refractivity contribution in [2.24, 2.45) is 17.8 Å². The molecule has 2 aliphatic rings. The molecule has 8 heteroatoms. The lowest BCUT2D eigenvalue weighted by Crippen LogP contribution is -2.41. The van der Waals surface area contributed by atoms with Crippen LogP contribution in [0.1, 0.15) is 39.0 Å². The van der Waals surface area contributed by atoms with Gasteiger partial charge in [0, 0.05) is 18.7 Å². The molecular formula is C21H30F3NO3S. The monoisotopic (exact) mass is 433 g/mol. The van der Waals surface area contributed by atoms with Crippen LogP contribution in [0.3, 0.4) is 0 Å². The van der Waals surface area contributed by atoms with Gasteiger partial charge in [-0.1, -0.05) is 6.92 Å². The highest BCUT2D eigenvalue weighted by Crippen LogP contribution is 2.49. The lowest BCUT2D eigenvalue weighted by Gasteiger charge is -2.34. The largest absolute Gasteiger partial charge is 0.493 e. The van der Waals surface area contributed by atoms with Gasteiger partial charge in [-0.05, 0) is 68.7 Å². The molecule has 29 heavy (non-hydrogen) atoms. The van der Waals surface area contributed by atoms with E-state index in [4.69, 9.17) is 4.74 Å². The van der Waals surface area contributed by atoms with E-state index in [0.717, 1.165) is 51.1 Å². The van der Waals surface area contributed by atoms with Gasteiger partial charge in [-0.15, -0.1) is 0 Å². The average Bonchev–Trinajstić information content (AvgIpc) is 3.40. The number of sulfone groups is 1. The van der Waals surface area contributed by atoms with E-state index in [9.17, 15) is 21.6 Å². The van der Waals surface area contributed by atoms with E-state index in [2.05, 4.69) is 0 Å². The maximum Gasteiger partial charge on any atom is 0.260 e. The van der Waals surface area contributed by atoms with Crippen LogP contribution in [0.25, 0.3) is 0 Å². The molecule has 1 aliphatic heterocycles. The van der Waals surface area contributed by atoms with Crippen LogP contribution in [0.2, 0.25) is 0 Å². The van der Waals surface area contributed by atoms with Gasteiger partial charge >= 0.3 is 0 Å². The zero-order valence-corrected chi connectivity index (χ0v) is 17.9. The Kier molecular flexibility index (Phi) is 6.83. The zero-order valence-electron chi connectivity index (χ0n) is 17.0. The summed E-state index contributed by atoms with van der Waals surface area (Å²) in [6.45, 7) is 3.34. The number of benzene rings is 1. The van der Waals surface area contributed by atoms with E-state index in [1.165, 1.54) is 19.1 Å².